The molecule has 3 unspecified atom stereocenters. The van der Waals surface area contributed by atoms with E-state index >= 15 is 0 Å². The Balaban J connectivity index is 1.87. The zero-order chi connectivity index (χ0) is 11.6. The molecule has 0 bridgehead atoms. The summed E-state index contributed by atoms with van der Waals surface area (Å²) in [7, 11) is 0. The van der Waals surface area contributed by atoms with E-state index in [0.717, 1.165) is 24.3 Å². The minimum atomic E-state index is 0.243. The van der Waals surface area contributed by atoms with Gasteiger partial charge in [-0.2, -0.15) is 0 Å². The van der Waals surface area contributed by atoms with Crippen molar-refractivity contribution in [2.45, 2.75) is 57.9 Å². The lowest BCUT2D eigenvalue weighted by molar-refractivity contribution is 0.111. The Morgan fingerprint density at radius 2 is 2.00 bits per heavy atom. The average molecular weight is 224 g/mol. The number of hydrogen-bond acceptors (Lipinski definition) is 2. The molecule has 2 saturated carbocycles. The van der Waals surface area contributed by atoms with Crippen molar-refractivity contribution in [3.8, 4) is 0 Å². The highest BCUT2D eigenvalue weighted by Crippen LogP contribution is 2.38. The van der Waals surface area contributed by atoms with Crippen LogP contribution in [0.4, 0.5) is 0 Å². The molecule has 0 saturated heterocycles. The van der Waals surface area contributed by atoms with Gasteiger partial charge in [0.15, 0.2) is 0 Å². The molecule has 2 heteroatoms. The predicted molar refractivity (Wildman–Crippen MR) is 69.3 cm³/mol. The molecule has 0 spiro atoms. The molecule has 0 aromatic rings. The molecule has 2 fully saturated rings. The van der Waals surface area contributed by atoms with Gasteiger partial charge in [0.2, 0.25) is 0 Å². The third-order valence-electron chi connectivity index (χ3n) is 5.10. The highest BCUT2D eigenvalue weighted by Gasteiger charge is 2.40. The Morgan fingerprint density at radius 3 is 2.62 bits per heavy atom. The summed E-state index contributed by atoms with van der Waals surface area (Å²) < 4.78 is 0. The maximum atomic E-state index is 6.06. The number of nitrogens with one attached hydrogen (secondary N) is 1. The van der Waals surface area contributed by atoms with Crippen LogP contribution < -0.4 is 11.1 Å². The first kappa shape index (κ1) is 12.4. The second kappa shape index (κ2) is 5.05. The van der Waals surface area contributed by atoms with Gasteiger partial charge in [-0.15, -0.1) is 0 Å². The molecule has 2 aliphatic carbocycles. The van der Waals surface area contributed by atoms with Crippen LogP contribution in [0.2, 0.25) is 0 Å². The molecular formula is C14H28N2. The van der Waals surface area contributed by atoms with Gasteiger partial charge in [0, 0.05) is 12.1 Å². The predicted octanol–water partition coefficient (Wildman–Crippen LogP) is 2.53. The van der Waals surface area contributed by atoms with Crippen LogP contribution >= 0.6 is 0 Å². The third-order valence-corrected chi connectivity index (χ3v) is 5.10. The van der Waals surface area contributed by atoms with Gasteiger partial charge in [-0.3, -0.25) is 0 Å². The summed E-state index contributed by atoms with van der Waals surface area (Å²) in [5, 5.41) is 3.81. The molecule has 3 N–H and O–H groups in total. The van der Waals surface area contributed by atoms with E-state index in [1.165, 1.54) is 45.1 Å². The maximum Gasteiger partial charge on any atom is 0.0332 e. The van der Waals surface area contributed by atoms with Gasteiger partial charge < -0.3 is 11.1 Å². The first-order valence-electron chi connectivity index (χ1n) is 7.13. The van der Waals surface area contributed by atoms with Crippen molar-refractivity contribution in [3.05, 3.63) is 0 Å². The van der Waals surface area contributed by atoms with E-state index in [1.807, 2.05) is 0 Å². The van der Waals surface area contributed by atoms with Crippen LogP contribution in [0.3, 0.4) is 0 Å². The van der Waals surface area contributed by atoms with Gasteiger partial charge in [0.1, 0.15) is 0 Å². The first-order chi connectivity index (χ1) is 7.68. The van der Waals surface area contributed by atoms with Crippen molar-refractivity contribution in [1.29, 1.82) is 0 Å². The summed E-state index contributed by atoms with van der Waals surface area (Å²) in [6.07, 6.45) is 8.29. The van der Waals surface area contributed by atoms with E-state index < -0.39 is 0 Å². The normalized spacial score (nSPS) is 39.9. The van der Waals surface area contributed by atoms with E-state index in [2.05, 4.69) is 19.2 Å². The topological polar surface area (TPSA) is 38.0 Å². The van der Waals surface area contributed by atoms with Crippen LogP contribution in [0, 0.1) is 17.8 Å². The number of nitrogens with two attached hydrogens (primary N) is 1. The summed E-state index contributed by atoms with van der Waals surface area (Å²) in [5.41, 5.74) is 6.30. The molecule has 2 aliphatic rings. The van der Waals surface area contributed by atoms with Crippen molar-refractivity contribution in [3.63, 3.8) is 0 Å². The Bertz CT molecular complexity index is 225. The quantitative estimate of drug-likeness (QED) is 0.753. The van der Waals surface area contributed by atoms with E-state index in [1.54, 1.807) is 0 Å². The van der Waals surface area contributed by atoms with Gasteiger partial charge in [0.05, 0.1) is 0 Å². The minimum Gasteiger partial charge on any atom is -0.329 e. The molecule has 0 aliphatic heterocycles. The monoisotopic (exact) mass is 224 g/mol. The van der Waals surface area contributed by atoms with Crippen LogP contribution in [0.15, 0.2) is 0 Å². The second-order valence-corrected chi connectivity index (χ2v) is 6.18. The number of hydrogen-bond donors (Lipinski definition) is 2. The van der Waals surface area contributed by atoms with Crippen molar-refractivity contribution < 1.29 is 0 Å². The summed E-state index contributed by atoms with van der Waals surface area (Å²) in [4.78, 5) is 0. The van der Waals surface area contributed by atoms with Crippen LogP contribution in [0.25, 0.3) is 0 Å². The molecule has 0 amide bonds. The van der Waals surface area contributed by atoms with Gasteiger partial charge in [-0.25, -0.2) is 0 Å². The highest BCUT2D eigenvalue weighted by molar-refractivity contribution is 4.98. The fourth-order valence-corrected chi connectivity index (χ4v) is 3.30. The van der Waals surface area contributed by atoms with Gasteiger partial charge in [-0.05, 0) is 37.1 Å². The van der Waals surface area contributed by atoms with Crippen molar-refractivity contribution in [1.82, 2.24) is 5.32 Å². The minimum absolute atomic E-state index is 0.243. The molecule has 0 heterocycles. The molecule has 2 rings (SSSR count). The molecule has 0 aromatic heterocycles. The Morgan fingerprint density at radius 1 is 1.25 bits per heavy atom. The third kappa shape index (κ3) is 2.60. The first-order valence-corrected chi connectivity index (χ1v) is 7.13. The van der Waals surface area contributed by atoms with Crippen LogP contribution in [0.1, 0.15) is 52.4 Å². The molecule has 0 radical (unpaired) electrons. The number of rotatable bonds is 5. The zero-order valence-electron chi connectivity index (χ0n) is 11.0. The van der Waals surface area contributed by atoms with E-state index in [4.69, 9.17) is 5.73 Å². The largest absolute Gasteiger partial charge is 0.329 e. The molecule has 3 atom stereocenters. The molecular weight excluding hydrogens is 196 g/mol. The van der Waals surface area contributed by atoms with Crippen LogP contribution in [-0.4, -0.2) is 18.6 Å². The zero-order valence-corrected chi connectivity index (χ0v) is 11.0. The van der Waals surface area contributed by atoms with Gasteiger partial charge in [0.25, 0.3) is 0 Å². The Hall–Kier alpha value is -0.0800. The van der Waals surface area contributed by atoms with Gasteiger partial charge >= 0.3 is 0 Å². The highest BCUT2D eigenvalue weighted by atomic mass is 15.0. The Kier molecular flexibility index (Phi) is 3.91. The summed E-state index contributed by atoms with van der Waals surface area (Å²) >= 11 is 0. The van der Waals surface area contributed by atoms with Crippen LogP contribution in [-0.2, 0) is 0 Å². The van der Waals surface area contributed by atoms with Crippen molar-refractivity contribution in [2.24, 2.45) is 23.5 Å². The van der Waals surface area contributed by atoms with Crippen molar-refractivity contribution >= 4 is 0 Å². The van der Waals surface area contributed by atoms with Crippen molar-refractivity contribution in [2.75, 3.05) is 13.1 Å². The Labute approximate surface area is 100 Å². The van der Waals surface area contributed by atoms with Gasteiger partial charge in [-0.1, -0.05) is 39.5 Å². The van der Waals surface area contributed by atoms with E-state index in [9.17, 15) is 0 Å². The summed E-state index contributed by atoms with van der Waals surface area (Å²) in [6.45, 7) is 6.76. The summed E-state index contributed by atoms with van der Waals surface area (Å²) in [6, 6.07) is 0. The molecule has 0 aromatic carbocycles. The van der Waals surface area contributed by atoms with Crippen LogP contribution in [0.5, 0.6) is 0 Å². The molecule has 94 valence electrons. The lowest BCUT2D eigenvalue weighted by Gasteiger charge is -2.46. The standard InChI is InChI=1S/C14H28N2/c1-11-4-3-8-14(10-15,12(11)2)16-9-7-13-5-6-13/h11-13,16H,3-10,15H2,1-2H3. The SMILES string of the molecule is CC1CCCC(CN)(NCCC2CC2)C1C. The fraction of sp³-hybridized carbons (Fsp3) is 1.00. The van der Waals surface area contributed by atoms with E-state index in [-0.39, 0.29) is 5.54 Å². The smallest absolute Gasteiger partial charge is 0.0332 e. The molecule has 16 heavy (non-hydrogen) atoms. The fourth-order valence-electron chi connectivity index (χ4n) is 3.30. The lowest BCUT2D eigenvalue weighted by atomic mass is 9.68. The lowest BCUT2D eigenvalue weighted by Crippen LogP contribution is -2.59. The van der Waals surface area contributed by atoms with E-state index in [0.29, 0.717) is 0 Å². The summed E-state index contributed by atoms with van der Waals surface area (Å²) in [5.74, 6) is 2.58. The average Bonchev–Trinajstić information content (AvgIpc) is 3.08. The second-order valence-electron chi connectivity index (χ2n) is 6.18. The molecule has 2 nitrogen and oxygen atoms in total. The maximum absolute atomic E-state index is 6.06.